The highest BCUT2D eigenvalue weighted by molar-refractivity contribution is 7.89. The summed E-state index contributed by atoms with van der Waals surface area (Å²) in [5.41, 5.74) is 1.93. The number of nitrogens with one attached hydrogen (secondary N) is 1. The predicted molar refractivity (Wildman–Crippen MR) is 111 cm³/mol. The molecule has 2 aromatic rings. The molecule has 2 aromatic carbocycles. The van der Waals surface area contributed by atoms with Crippen molar-refractivity contribution in [3.8, 4) is 6.07 Å². The molecule has 1 saturated heterocycles. The van der Waals surface area contributed by atoms with Gasteiger partial charge in [-0.3, -0.25) is 9.59 Å². The van der Waals surface area contributed by atoms with Gasteiger partial charge in [0.1, 0.15) is 6.42 Å². The highest BCUT2D eigenvalue weighted by Gasteiger charge is 2.30. The van der Waals surface area contributed by atoms with Gasteiger partial charge >= 0.3 is 0 Å². The lowest BCUT2D eigenvalue weighted by Crippen LogP contribution is -2.50. The summed E-state index contributed by atoms with van der Waals surface area (Å²) < 4.78 is 27.0. The monoisotopic (exact) mass is 426 g/mol. The van der Waals surface area contributed by atoms with Crippen molar-refractivity contribution in [2.24, 2.45) is 0 Å². The van der Waals surface area contributed by atoms with Gasteiger partial charge in [-0.2, -0.15) is 9.57 Å². The molecule has 0 aliphatic carbocycles. The summed E-state index contributed by atoms with van der Waals surface area (Å²) in [6, 6.07) is 14.9. The van der Waals surface area contributed by atoms with Gasteiger partial charge in [-0.05, 0) is 43.3 Å². The molecular weight excluding hydrogens is 404 g/mol. The van der Waals surface area contributed by atoms with E-state index < -0.39 is 15.9 Å². The van der Waals surface area contributed by atoms with E-state index in [0.29, 0.717) is 24.3 Å². The van der Waals surface area contributed by atoms with E-state index in [-0.39, 0.29) is 30.3 Å². The number of anilines is 1. The Balaban J connectivity index is 1.60. The second kappa shape index (κ2) is 9.07. The minimum Gasteiger partial charge on any atom is -0.336 e. The van der Waals surface area contributed by atoms with Gasteiger partial charge in [-0.25, -0.2) is 8.42 Å². The quantitative estimate of drug-likeness (QED) is 0.786. The maximum absolute atomic E-state index is 12.8. The SMILES string of the molecule is Cc1ccc(S(=O)(=O)N2CCN(C(=O)c3ccc(NC(=O)CC#N)cc3)CC2)cc1. The molecule has 0 aromatic heterocycles. The molecule has 3 rings (SSSR count). The van der Waals surface area contributed by atoms with Crippen molar-refractivity contribution in [1.82, 2.24) is 9.21 Å². The Hall–Kier alpha value is -3.22. The number of nitriles is 1. The fraction of sp³-hybridized carbons (Fsp3) is 0.286. The third-order valence-electron chi connectivity index (χ3n) is 4.84. The maximum Gasteiger partial charge on any atom is 0.253 e. The van der Waals surface area contributed by atoms with Gasteiger partial charge in [0.25, 0.3) is 5.91 Å². The zero-order valence-corrected chi connectivity index (χ0v) is 17.4. The largest absolute Gasteiger partial charge is 0.336 e. The normalized spacial score (nSPS) is 14.7. The van der Waals surface area contributed by atoms with E-state index in [2.05, 4.69) is 5.32 Å². The average Bonchev–Trinajstić information content (AvgIpc) is 2.74. The zero-order valence-electron chi connectivity index (χ0n) is 16.5. The first-order valence-corrected chi connectivity index (χ1v) is 10.9. The Kier molecular flexibility index (Phi) is 6.50. The molecule has 30 heavy (non-hydrogen) atoms. The smallest absolute Gasteiger partial charge is 0.253 e. The van der Waals surface area contributed by atoms with Crippen molar-refractivity contribution in [2.75, 3.05) is 31.5 Å². The van der Waals surface area contributed by atoms with Crippen LogP contribution < -0.4 is 5.32 Å². The van der Waals surface area contributed by atoms with Crippen LogP contribution in [0.25, 0.3) is 0 Å². The summed E-state index contributed by atoms with van der Waals surface area (Å²) in [6.45, 7) is 2.94. The fourth-order valence-corrected chi connectivity index (χ4v) is 4.57. The van der Waals surface area contributed by atoms with Crippen LogP contribution in [0.4, 0.5) is 5.69 Å². The van der Waals surface area contributed by atoms with Gasteiger partial charge < -0.3 is 10.2 Å². The van der Waals surface area contributed by atoms with E-state index in [4.69, 9.17) is 5.26 Å². The highest BCUT2D eigenvalue weighted by Crippen LogP contribution is 2.19. The van der Waals surface area contributed by atoms with E-state index in [9.17, 15) is 18.0 Å². The number of sulfonamides is 1. The van der Waals surface area contributed by atoms with Crippen molar-refractivity contribution in [3.05, 3.63) is 59.7 Å². The van der Waals surface area contributed by atoms with Crippen molar-refractivity contribution >= 4 is 27.5 Å². The van der Waals surface area contributed by atoms with E-state index >= 15 is 0 Å². The lowest BCUT2D eigenvalue weighted by Gasteiger charge is -2.34. The molecule has 156 valence electrons. The van der Waals surface area contributed by atoms with Gasteiger partial charge in [0, 0.05) is 37.4 Å². The first-order chi connectivity index (χ1) is 14.3. The fourth-order valence-electron chi connectivity index (χ4n) is 3.15. The number of carbonyl (C=O) groups excluding carboxylic acids is 2. The number of aryl methyl sites for hydroxylation is 1. The topological polar surface area (TPSA) is 111 Å². The Labute approximate surface area is 175 Å². The van der Waals surface area contributed by atoms with Crippen LogP contribution in [0, 0.1) is 18.3 Å². The molecule has 0 radical (unpaired) electrons. The summed E-state index contributed by atoms with van der Waals surface area (Å²) in [7, 11) is -3.58. The number of nitrogens with zero attached hydrogens (tertiary/aromatic N) is 3. The van der Waals surface area contributed by atoms with Crippen molar-refractivity contribution < 1.29 is 18.0 Å². The summed E-state index contributed by atoms with van der Waals surface area (Å²) >= 11 is 0. The predicted octanol–water partition coefficient (Wildman–Crippen LogP) is 1.99. The lowest BCUT2D eigenvalue weighted by molar-refractivity contribution is -0.115. The molecule has 9 heteroatoms. The Bertz CT molecular complexity index is 1070. The van der Waals surface area contributed by atoms with Crippen LogP contribution in [0.3, 0.4) is 0 Å². The minimum absolute atomic E-state index is 0.197. The summed E-state index contributed by atoms with van der Waals surface area (Å²) in [5.74, 6) is -0.611. The molecule has 1 aliphatic rings. The van der Waals surface area contributed by atoms with Crippen LogP contribution in [-0.2, 0) is 14.8 Å². The molecule has 1 fully saturated rings. The van der Waals surface area contributed by atoms with Gasteiger partial charge in [0.15, 0.2) is 0 Å². The first kappa shape index (κ1) is 21.5. The van der Waals surface area contributed by atoms with E-state index in [1.807, 2.05) is 6.92 Å². The molecule has 0 saturated carbocycles. The maximum atomic E-state index is 12.8. The number of rotatable bonds is 5. The number of benzene rings is 2. The van der Waals surface area contributed by atoms with Crippen LogP contribution in [-0.4, -0.2) is 55.6 Å². The van der Waals surface area contributed by atoms with Crippen LogP contribution >= 0.6 is 0 Å². The van der Waals surface area contributed by atoms with Gasteiger partial charge in [-0.15, -0.1) is 0 Å². The lowest BCUT2D eigenvalue weighted by atomic mass is 10.1. The Morgan fingerprint density at radius 3 is 2.17 bits per heavy atom. The van der Waals surface area contributed by atoms with Crippen LogP contribution in [0.2, 0.25) is 0 Å². The number of hydrogen-bond donors (Lipinski definition) is 1. The number of carbonyl (C=O) groups is 2. The zero-order chi connectivity index (χ0) is 21.7. The molecule has 0 spiro atoms. The molecule has 1 heterocycles. The molecular formula is C21H22N4O4S. The van der Waals surface area contributed by atoms with Crippen LogP contribution in [0.1, 0.15) is 22.3 Å². The van der Waals surface area contributed by atoms with E-state index in [1.54, 1.807) is 59.5 Å². The highest BCUT2D eigenvalue weighted by atomic mass is 32.2. The van der Waals surface area contributed by atoms with Crippen molar-refractivity contribution in [3.63, 3.8) is 0 Å². The van der Waals surface area contributed by atoms with Crippen LogP contribution in [0.15, 0.2) is 53.4 Å². The minimum atomic E-state index is -3.58. The molecule has 2 amide bonds. The van der Waals surface area contributed by atoms with Crippen LogP contribution in [0.5, 0.6) is 0 Å². The van der Waals surface area contributed by atoms with Crippen molar-refractivity contribution in [2.45, 2.75) is 18.2 Å². The van der Waals surface area contributed by atoms with Gasteiger partial charge in [-0.1, -0.05) is 17.7 Å². The summed E-state index contributed by atoms with van der Waals surface area (Å²) in [5, 5.41) is 11.1. The third kappa shape index (κ3) is 4.84. The second-order valence-electron chi connectivity index (χ2n) is 6.97. The molecule has 1 aliphatic heterocycles. The Morgan fingerprint density at radius 2 is 1.60 bits per heavy atom. The van der Waals surface area contributed by atoms with Gasteiger partial charge in [0.05, 0.1) is 11.0 Å². The Morgan fingerprint density at radius 1 is 1.00 bits per heavy atom. The molecule has 0 bridgehead atoms. The molecule has 0 unspecified atom stereocenters. The molecule has 1 N–H and O–H groups in total. The van der Waals surface area contributed by atoms with Crippen molar-refractivity contribution in [1.29, 1.82) is 5.26 Å². The molecule has 8 nitrogen and oxygen atoms in total. The second-order valence-corrected chi connectivity index (χ2v) is 8.91. The summed E-state index contributed by atoms with van der Waals surface area (Å²) in [4.78, 5) is 26.0. The standard InChI is InChI=1S/C21H22N4O4S/c1-16-2-8-19(9-3-16)30(28,29)25-14-12-24(13-15-25)21(27)17-4-6-18(7-5-17)23-20(26)10-11-22/h2-9H,10,12-15H2,1H3,(H,23,26). The first-order valence-electron chi connectivity index (χ1n) is 9.44. The average molecular weight is 426 g/mol. The van der Waals surface area contributed by atoms with E-state index in [1.165, 1.54) is 4.31 Å². The summed E-state index contributed by atoms with van der Waals surface area (Å²) in [6.07, 6.45) is -0.240. The third-order valence-corrected chi connectivity index (χ3v) is 6.75. The number of amides is 2. The van der Waals surface area contributed by atoms with Gasteiger partial charge in [0.2, 0.25) is 15.9 Å². The van der Waals surface area contributed by atoms with E-state index in [0.717, 1.165) is 5.56 Å². The number of piperazine rings is 1. The molecule has 0 atom stereocenters. The number of hydrogen-bond acceptors (Lipinski definition) is 5.